The highest BCUT2D eigenvalue weighted by Crippen LogP contribution is 2.20. The zero-order valence-corrected chi connectivity index (χ0v) is 13.8. The number of aromatic amines is 2. The number of carbonyl (C=O) groups is 1. The van der Waals surface area contributed by atoms with Crippen LogP contribution in [0.2, 0.25) is 0 Å². The zero-order chi connectivity index (χ0) is 16.9. The summed E-state index contributed by atoms with van der Waals surface area (Å²) in [6.07, 6.45) is 3.35. The SMILES string of the molecule is CCc1cc(C(=O)NC(CC)c2ncc(-c3ccccc3)[nH]2)n[nH]1. The molecule has 1 unspecified atom stereocenters. The van der Waals surface area contributed by atoms with Gasteiger partial charge in [0.15, 0.2) is 0 Å². The van der Waals surface area contributed by atoms with Gasteiger partial charge in [0.1, 0.15) is 11.5 Å². The molecule has 2 heterocycles. The molecule has 24 heavy (non-hydrogen) atoms. The lowest BCUT2D eigenvalue weighted by molar-refractivity contribution is 0.0929. The molecule has 0 radical (unpaired) electrons. The van der Waals surface area contributed by atoms with Crippen molar-refractivity contribution in [3.8, 4) is 11.3 Å². The van der Waals surface area contributed by atoms with E-state index in [9.17, 15) is 4.79 Å². The number of amides is 1. The number of hydrogen-bond acceptors (Lipinski definition) is 3. The molecule has 124 valence electrons. The smallest absolute Gasteiger partial charge is 0.272 e. The third-order valence-corrected chi connectivity index (χ3v) is 3.97. The van der Waals surface area contributed by atoms with E-state index in [4.69, 9.17) is 0 Å². The maximum atomic E-state index is 12.4. The van der Waals surface area contributed by atoms with E-state index in [1.54, 1.807) is 12.3 Å². The minimum atomic E-state index is -0.199. The molecule has 1 amide bonds. The van der Waals surface area contributed by atoms with Crippen LogP contribution in [0.5, 0.6) is 0 Å². The lowest BCUT2D eigenvalue weighted by Gasteiger charge is -2.13. The molecule has 6 nitrogen and oxygen atoms in total. The Morgan fingerprint density at radius 2 is 2.04 bits per heavy atom. The second-order valence-corrected chi connectivity index (χ2v) is 5.61. The van der Waals surface area contributed by atoms with Crippen molar-refractivity contribution in [2.45, 2.75) is 32.7 Å². The van der Waals surface area contributed by atoms with Gasteiger partial charge in [-0.25, -0.2) is 4.98 Å². The number of H-pyrrole nitrogens is 2. The van der Waals surface area contributed by atoms with Crippen LogP contribution in [-0.2, 0) is 6.42 Å². The Bertz CT molecular complexity index is 806. The Hall–Kier alpha value is -2.89. The summed E-state index contributed by atoms with van der Waals surface area (Å²) in [5.41, 5.74) is 3.35. The van der Waals surface area contributed by atoms with E-state index < -0.39 is 0 Å². The first-order valence-corrected chi connectivity index (χ1v) is 8.16. The van der Waals surface area contributed by atoms with E-state index in [-0.39, 0.29) is 11.9 Å². The summed E-state index contributed by atoms with van der Waals surface area (Å²) in [4.78, 5) is 20.1. The molecule has 0 saturated heterocycles. The predicted octanol–water partition coefficient (Wildman–Crippen LogP) is 3.24. The molecule has 0 aliphatic carbocycles. The Morgan fingerprint density at radius 3 is 2.71 bits per heavy atom. The maximum Gasteiger partial charge on any atom is 0.272 e. The molecule has 6 heteroatoms. The average molecular weight is 323 g/mol. The van der Waals surface area contributed by atoms with Crippen LogP contribution in [-0.4, -0.2) is 26.1 Å². The Balaban J connectivity index is 1.74. The number of nitrogens with one attached hydrogen (secondary N) is 3. The number of carbonyl (C=O) groups excluding carboxylic acids is 1. The largest absolute Gasteiger partial charge is 0.341 e. The summed E-state index contributed by atoms with van der Waals surface area (Å²) in [7, 11) is 0. The van der Waals surface area contributed by atoms with Crippen LogP contribution in [0, 0.1) is 0 Å². The van der Waals surface area contributed by atoms with Crippen LogP contribution >= 0.6 is 0 Å². The van der Waals surface area contributed by atoms with E-state index in [0.29, 0.717) is 5.69 Å². The van der Waals surface area contributed by atoms with Crippen molar-refractivity contribution in [1.82, 2.24) is 25.5 Å². The number of hydrogen-bond donors (Lipinski definition) is 3. The van der Waals surface area contributed by atoms with Gasteiger partial charge in [0.25, 0.3) is 5.91 Å². The van der Waals surface area contributed by atoms with Crippen molar-refractivity contribution in [2.24, 2.45) is 0 Å². The zero-order valence-electron chi connectivity index (χ0n) is 13.8. The maximum absolute atomic E-state index is 12.4. The van der Waals surface area contributed by atoms with E-state index in [0.717, 1.165) is 35.6 Å². The molecule has 0 fully saturated rings. The molecule has 0 aliphatic heterocycles. The number of aryl methyl sites for hydroxylation is 1. The van der Waals surface area contributed by atoms with Gasteiger partial charge in [0, 0.05) is 5.69 Å². The third-order valence-electron chi connectivity index (χ3n) is 3.97. The van der Waals surface area contributed by atoms with Gasteiger partial charge in [-0.1, -0.05) is 44.2 Å². The minimum absolute atomic E-state index is 0.184. The van der Waals surface area contributed by atoms with Crippen molar-refractivity contribution in [2.75, 3.05) is 0 Å². The number of benzene rings is 1. The fourth-order valence-corrected chi connectivity index (χ4v) is 2.53. The molecule has 0 spiro atoms. The second-order valence-electron chi connectivity index (χ2n) is 5.61. The number of imidazole rings is 1. The fraction of sp³-hybridized carbons (Fsp3) is 0.278. The molecular formula is C18H21N5O. The first-order chi connectivity index (χ1) is 11.7. The van der Waals surface area contributed by atoms with Crippen molar-refractivity contribution in [1.29, 1.82) is 0 Å². The lowest BCUT2D eigenvalue weighted by Crippen LogP contribution is -2.29. The topological polar surface area (TPSA) is 86.5 Å². The van der Waals surface area contributed by atoms with Crippen molar-refractivity contribution in [3.63, 3.8) is 0 Å². The van der Waals surface area contributed by atoms with Crippen molar-refractivity contribution >= 4 is 5.91 Å². The monoisotopic (exact) mass is 323 g/mol. The Kier molecular flexibility index (Phi) is 4.74. The molecule has 0 saturated carbocycles. The fourth-order valence-electron chi connectivity index (χ4n) is 2.53. The van der Waals surface area contributed by atoms with Gasteiger partial charge in [-0.2, -0.15) is 5.10 Å². The third kappa shape index (κ3) is 3.37. The van der Waals surface area contributed by atoms with Crippen LogP contribution in [0.1, 0.15) is 48.3 Å². The quantitative estimate of drug-likeness (QED) is 0.651. The predicted molar refractivity (Wildman–Crippen MR) is 92.5 cm³/mol. The highest BCUT2D eigenvalue weighted by atomic mass is 16.2. The Morgan fingerprint density at radius 1 is 1.25 bits per heavy atom. The van der Waals surface area contributed by atoms with Crippen LogP contribution in [0.25, 0.3) is 11.3 Å². The highest BCUT2D eigenvalue weighted by molar-refractivity contribution is 5.92. The molecule has 3 aromatic rings. The second kappa shape index (κ2) is 7.12. The minimum Gasteiger partial charge on any atom is -0.341 e. The van der Waals surface area contributed by atoms with Gasteiger partial charge in [-0.3, -0.25) is 9.89 Å². The highest BCUT2D eigenvalue weighted by Gasteiger charge is 2.19. The summed E-state index contributed by atoms with van der Waals surface area (Å²) >= 11 is 0. The standard InChI is InChI=1S/C18H21N5O/c1-3-13-10-15(23-22-13)18(24)21-14(4-2)17-19-11-16(20-17)12-8-6-5-7-9-12/h5-11,14H,3-4H2,1-2H3,(H,19,20)(H,21,24)(H,22,23). The van der Waals surface area contributed by atoms with Crippen molar-refractivity contribution < 1.29 is 4.79 Å². The van der Waals surface area contributed by atoms with Crippen LogP contribution in [0.4, 0.5) is 0 Å². The number of nitrogens with zero attached hydrogens (tertiary/aromatic N) is 2. The summed E-state index contributed by atoms with van der Waals surface area (Å²) in [5, 5.41) is 9.90. The van der Waals surface area contributed by atoms with Gasteiger partial charge in [0.2, 0.25) is 0 Å². The van der Waals surface area contributed by atoms with E-state index in [1.807, 2.05) is 44.2 Å². The lowest BCUT2D eigenvalue weighted by atomic mass is 10.2. The van der Waals surface area contributed by atoms with E-state index >= 15 is 0 Å². The Labute approximate surface area is 140 Å². The summed E-state index contributed by atoms with van der Waals surface area (Å²) in [5.74, 6) is 0.548. The first kappa shape index (κ1) is 16.0. The normalized spacial score (nSPS) is 12.1. The number of aromatic nitrogens is 4. The molecule has 1 atom stereocenters. The summed E-state index contributed by atoms with van der Waals surface area (Å²) < 4.78 is 0. The van der Waals surface area contributed by atoms with Crippen LogP contribution in [0.3, 0.4) is 0 Å². The van der Waals surface area contributed by atoms with Gasteiger partial charge < -0.3 is 10.3 Å². The molecular weight excluding hydrogens is 302 g/mol. The number of rotatable bonds is 6. The van der Waals surface area contributed by atoms with Crippen molar-refractivity contribution in [3.05, 3.63) is 59.8 Å². The summed E-state index contributed by atoms with van der Waals surface area (Å²) in [6.45, 7) is 4.02. The molecule has 3 N–H and O–H groups in total. The van der Waals surface area contributed by atoms with Gasteiger partial charge in [0.05, 0.1) is 17.9 Å². The van der Waals surface area contributed by atoms with E-state index in [2.05, 4.69) is 25.5 Å². The molecule has 1 aromatic carbocycles. The van der Waals surface area contributed by atoms with Gasteiger partial charge in [-0.05, 0) is 24.5 Å². The summed E-state index contributed by atoms with van der Waals surface area (Å²) in [6, 6.07) is 11.6. The molecule has 0 aliphatic rings. The van der Waals surface area contributed by atoms with E-state index in [1.165, 1.54) is 0 Å². The molecule has 0 bridgehead atoms. The van der Waals surface area contributed by atoms with Crippen LogP contribution in [0.15, 0.2) is 42.6 Å². The first-order valence-electron chi connectivity index (χ1n) is 8.16. The van der Waals surface area contributed by atoms with Gasteiger partial charge >= 0.3 is 0 Å². The molecule has 2 aromatic heterocycles. The average Bonchev–Trinajstić information content (AvgIpc) is 3.29. The van der Waals surface area contributed by atoms with Crippen LogP contribution < -0.4 is 5.32 Å². The van der Waals surface area contributed by atoms with Gasteiger partial charge in [-0.15, -0.1) is 0 Å². The molecule has 3 rings (SSSR count).